The van der Waals surface area contributed by atoms with Gasteiger partial charge in [0.1, 0.15) is 11.5 Å². The highest BCUT2D eigenvalue weighted by Gasteiger charge is 2.14. The van der Waals surface area contributed by atoms with Gasteiger partial charge >= 0.3 is 0 Å². The fourth-order valence-electron chi connectivity index (χ4n) is 1.78. The third-order valence-electron chi connectivity index (χ3n) is 2.75. The molecule has 0 unspecified atom stereocenters. The first-order valence-electron chi connectivity index (χ1n) is 5.61. The molecule has 0 saturated carbocycles. The fraction of sp³-hybridized carbons (Fsp3) is 0.0769. The number of hydrogen-bond donors (Lipinski definition) is 1. The van der Waals surface area contributed by atoms with Crippen molar-refractivity contribution < 1.29 is 5.11 Å². The van der Waals surface area contributed by atoms with E-state index in [1.54, 1.807) is 18.3 Å². The van der Waals surface area contributed by atoms with Gasteiger partial charge in [-0.3, -0.25) is 4.57 Å². The van der Waals surface area contributed by atoms with E-state index >= 15 is 0 Å². The van der Waals surface area contributed by atoms with Crippen molar-refractivity contribution in [3.63, 3.8) is 0 Å². The van der Waals surface area contributed by atoms with E-state index in [0.29, 0.717) is 15.8 Å². The molecule has 1 aromatic carbocycles. The van der Waals surface area contributed by atoms with Gasteiger partial charge in [0.15, 0.2) is 5.13 Å². The molecule has 19 heavy (non-hydrogen) atoms. The lowest BCUT2D eigenvalue weighted by Gasteiger charge is -1.98. The molecule has 0 aliphatic heterocycles. The van der Waals surface area contributed by atoms with E-state index in [0.717, 1.165) is 11.4 Å². The number of hydrogen-bond acceptors (Lipinski definition) is 4. The number of imidazole rings is 1. The second-order valence-electron chi connectivity index (χ2n) is 4.00. The summed E-state index contributed by atoms with van der Waals surface area (Å²) in [5.74, 6) is 0.830. The van der Waals surface area contributed by atoms with Gasteiger partial charge in [-0.05, 0) is 19.1 Å². The molecule has 0 bridgehead atoms. The largest absolute Gasteiger partial charge is 0.498 e. The molecular weight excluding hydrogens is 282 g/mol. The normalized spacial score (nSPS) is 10.8. The van der Waals surface area contributed by atoms with E-state index in [-0.39, 0.29) is 5.06 Å². The van der Waals surface area contributed by atoms with Crippen molar-refractivity contribution in [3.05, 3.63) is 47.5 Å². The fourth-order valence-corrected chi connectivity index (χ4v) is 2.77. The number of halogens is 1. The minimum atomic E-state index is 0.186. The predicted octanol–water partition coefficient (Wildman–Crippen LogP) is 3.66. The Hall–Kier alpha value is -1.85. The van der Waals surface area contributed by atoms with Crippen LogP contribution in [-0.2, 0) is 0 Å². The van der Waals surface area contributed by atoms with Crippen LogP contribution in [0.25, 0.3) is 16.4 Å². The molecule has 3 rings (SSSR count). The second-order valence-corrected chi connectivity index (χ2v) is 5.39. The molecular formula is C13H10ClN3OS. The highest BCUT2D eigenvalue weighted by Crippen LogP contribution is 2.36. The van der Waals surface area contributed by atoms with E-state index in [4.69, 9.17) is 11.6 Å². The van der Waals surface area contributed by atoms with Crippen molar-refractivity contribution >= 4 is 22.9 Å². The molecule has 1 N–H and O–H groups in total. The van der Waals surface area contributed by atoms with Gasteiger partial charge in [0.05, 0.1) is 0 Å². The molecule has 2 heterocycles. The summed E-state index contributed by atoms with van der Waals surface area (Å²) in [6, 6.07) is 7.22. The summed E-state index contributed by atoms with van der Waals surface area (Å²) in [4.78, 5) is 8.61. The lowest BCUT2D eigenvalue weighted by molar-refractivity contribution is 0.491. The van der Waals surface area contributed by atoms with Crippen LogP contribution >= 0.6 is 22.9 Å². The first-order valence-corrected chi connectivity index (χ1v) is 6.80. The average Bonchev–Trinajstić information content (AvgIpc) is 2.96. The van der Waals surface area contributed by atoms with Crippen molar-refractivity contribution in [2.45, 2.75) is 6.92 Å². The molecule has 6 heteroatoms. The number of aromatic hydroxyl groups is 1. The van der Waals surface area contributed by atoms with E-state index in [1.165, 1.54) is 11.3 Å². The van der Waals surface area contributed by atoms with Gasteiger partial charge < -0.3 is 5.11 Å². The van der Waals surface area contributed by atoms with Gasteiger partial charge in [-0.1, -0.05) is 35.1 Å². The van der Waals surface area contributed by atoms with Crippen LogP contribution in [0.2, 0.25) is 5.02 Å². The maximum absolute atomic E-state index is 10.0. The molecule has 0 atom stereocenters. The highest BCUT2D eigenvalue weighted by molar-refractivity contribution is 7.16. The van der Waals surface area contributed by atoms with Gasteiger partial charge in [0, 0.05) is 23.0 Å². The molecule has 96 valence electrons. The topological polar surface area (TPSA) is 50.9 Å². The molecule has 0 saturated heterocycles. The minimum Gasteiger partial charge on any atom is -0.498 e. The third kappa shape index (κ3) is 2.22. The molecule has 0 spiro atoms. The van der Waals surface area contributed by atoms with Crippen molar-refractivity contribution in [2.24, 2.45) is 0 Å². The Labute approximate surface area is 119 Å². The molecule has 0 amide bonds. The van der Waals surface area contributed by atoms with Crippen LogP contribution in [0, 0.1) is 6.92 Å². The maximum Gasteiger partial charge on any atom is 0.201 e. The van der Waals surface area contributed by atoms with Crippen molar-refractivity contribution in [1.29, 1.82) is 0 Å². The highest BCUT2D eigenvalue weighted by atomic mass is 35.5. The summed E-state index contributed by atoms with van der Waals surface area (Å²) in [6.45, 7) is 1.89. The zero-order chi connectivity index (χ0) is 13.4. The monoisotopic (exact) mass is 291 g/mol. The first-order chi connectivity index (χ1) is 9.15. The lowest BCUT2D eigenvalue weighted by atomic mass is 10.2. The minimum absolute atomic E-state index is 0.186. The Morgan fingerprint density at radius 2 is 2.00 bits per heavy atom. The molecule has 4 nitrogen and oxygen atoms in total. The number of aromatic nitrogens is 3. The lowest BCUT2D eigenvalue weighted by Crippen LogP contribution is -1.94. The molecule has 0 radical (unpaired) electrons. The van der Waals surface area contributed by atoms with Gasteiger partial charge in [0.25, 0.3) is 0 Å². The Kier molecular flexibility index (Phi) is 3.00. The van der Waals surface area contributed by atoms with Crippen molar-refractivity contribution in [3.8, 4) is 21.5 Å². The maximum atomic E-state index is 10.0. The molecule has 0 aliphatic rings. The molecule has 0 aliphatic carbocycles. The van der Waals surface area contributed by atoms with Crippen LogP contribution in [0.5, 0.6) is 5.06 Å². The summed E-state index contributed by atoms with van der Waals surface area (Å²) < 4.78 is 1.84. The number of benzene rings is 1. The van der Waals surface area contributed by atoms with Gasteiger partial charge in [-0.25, -0.2) is 9.97 Å². The van der Waals surface area contributed by atoms with Crippen LogP contribution in [-0.4, -0.2) is 19.6 Å². The van der Waals surface area contributed by atoms with Crippen molar-refractivity contribution in [1.82, 2.24) is 14.5 Å². The molecule has 2 aromatic heterocycles. The molecule has 0 fully saturated rings. The number of rotatable bonds is 2. The smallest absolute Gasteiger partial charge is 0.201 e. The Bertz CT molecular complexity index is 718. The summed E-state index contributed by atoms with van der Waals surface area (Å²) in [5, 5.41) is 11.6. The number of nitrogens with zero attached hydrogens (tertiary/aromatic N) is 3. The first kappa shape index (κ1) is 12.2. The summed E-state index contributed by atoms with van der Waals surface area (Å²) in [6.07, 6.45) is 3.52. The van der Waals surface area contributed by atoms with Crippen LogP contribution in [0.1, 0.15) is 5.82 Å². The quantitative estimate of drug-likeness (QED) is 0.784. The van der Waals surface area contributed by atoms with Crippen LogP contribution in [0.3, 0.4) is 0 Å². The van der Waals surface area contributed by atoms with Gasteiger partial charge in [-0.2, -0.15) is 0 Å². The zero-order valence-electron chi connectivity index (χ0n) is 10.0. The van der Waals surface area contributed by atoms with Crippen LogP contribution < -0.4 is 0 Å². The standard InChI is InChI=1S/C13H10ClN3OS/c1-8-15-6-7-17(8)13-16-11(12(18)19-13)9-2-4-10(14)5-3-9/h2-7,18H,1H3. The summed E-state index contributed by atoms with van der Waals surface area (Å²) in [5.41, 5.74) is 1.40. The predicted molar refractivity (Wildman–Crippen MR) is 76.1 cm³/mol. The SMILES string of the molecule is Cc1nccn1-c1nc(-c2ccc(Cl)cc2)c(O)s1. The van der Waals surface area contributed by atoms with E-state index in [2.05, 4.69) is 9.97 Å². The second kappa shape index (κ2) is 4.68. The molecule has 3 aromatic rings. The van der Waals surface area contributed by atoms with Gasteiger partial charge in [-0.15, -0.1) is 0 Å². The number of thiazole rings is 1. The van der Waals surface area contributed by atoms with E-state index < -0.39 is 0 Å². The third-order valence-corrected chi connectivity index (χ3v) is 3.86. The number of aryl methyl sites for hydroxylation is 1. The van der Waals surface area contributed by atoms with Crippen LogP contribution in [0.15, 0.2) is 36.7 Å². The Morgan fingerprint density at radius 1 is 1.26 bits per heavy atom. The summed E-state index contributed by atoms with van der Waals surface area (Å²) >= 11 is 7.07. The van der Waals surface area contributed by atoms with E-state index in [9.17, 15) is 5.11 Å². The van der Waals surface area contributed by atoms with Crippen molar-refractivity contribution in [2.75, 3.05) is 0 Å². The van der Waals surface area contributed by atoms with E-state index in [1.807, 2.05) is 29.8 Å². The zero-order valence-corrected chi connectivity index (χ0v) is 11.6. The van der Waals surface area contributed by atoms with Gasteiger partial charge in [0.2, 0.25) is 5.06 Å². The Balaban J connectivity index is 2.07. The average molecular weight is 292 g/mol. The summed E-state index contributed by atoms with van der Waals surface area (Å²) in [7, 11) is 0. The Morgan fingerprint density at radius 3 is 2.63 bits per heavy atom. The van der Waals surface area contributed by atoms with Crippen LogP contribution in [0.4, 0.5) is 0 Å².